The van der Waals surface area contributed by atoms with Crippen LogP contribution in [0, 0.1) is 96.6 Å². The van der Waals surface area contributed by atoms with Gasteiger partial charge in [-0.2, -0.15) is 0 Å². The third-order valence-electron chi connectivity index (χ3n) is 22.4. The van der Waals surface area contributed by atoms with E-state index in [1.165, 1.54) is 96.3 Å². The lowest BCUT2D eigenvalue weighted by molar-refractivity contribution is -0.226. The first kappa shape index (κ1) is 36.0. The van der Waals surface area contributed by atoms with E-state index in [0.29, 0.717) is 43.3 Å². The summed E-state index contributed by atoms with van der Waals surface area (Å²) in [5, 5.41) is 0. The number of hydrogen-bond acceptors (Lipinski definition) is 0. The molecule has 0 heterocycles. The van der Waals surface area contributed by atoms with E-state index >= 15 is 0 Å². The van der Waals surface area contributed by atoms with Gasteiger partial charge >= 0.3 is 0 Å². The lowest BCUT2D eigenvalue weighted by Crippen LogP contribution is -2.64. The highest BCUT2D eigenvalue weighted by atomic mass is 14.7. The van der Waals surface area contributed by atoms with Gasteiger partial charge < -0.3 is 0 Å². The van der Waals surface area contributed by atoms with E-state index in [-0.39, 0.29) is 0 Å². The Morgan fingerprint density at radius 3 is 1.37 bits per heavy atom. The fraction of sp³-hybridized carbons (Fsp3) is 1.00. The van der Waals surface area contributed by atoms with Crippen LogP contribution in [0.2, 0.25) is 0 Å². The smallest absolute Gasteiger partial charge is 0.0235 e. The van der Waals surface area contributed by atoms with E-state index in [1.807, 2.05) is 0 Å². The van der Waals surface area contributed by atoms with Crippen LogP contribution < -0.4 is 0 Å². The lowest BCUT2D eigenvalue weighted by Gasteiger charge is -2.71. The molecule has 0 spiro atoms. The molecular formula is C49H84. The average molecular weight is 673 g/mol. The van der Waals surface area contributed by atoms with Crippen LogP contribution in [0.3, 0.4) is 0 Å². The predicted molar refractivity (Wildman–Crippen MR) is 210 cm³/mol. The Morgan fingerprint density at radius 2 is 0.816 bits per heavy atom. The summed E-state index contributed by atoms with van der Waals surface area (Å²) in [5.41, 5.74) is 4.89. The molecule has 0 radical (unpaired) electrons. The molecule has 15 unspecified atom stereocenters. The molecule has 15 atom stereocenters. The van der Waals surface area contributed by atoms with Gasteiger partial charge in [0, 0.05) is 0 Å². The predicted octanol–water partition coefficient (Wildman–Crippen LogP) is 14.9. The Morgan fingerprint density at radius 1 is 0.347 bits per heavy atom. The Kier molecular flexibility index (Phi) is 8.45. The largest absolute Gasteiger partial charge is 0.0622 e. The molecule has 0 amide bonds. The monoisotopic (exact) mass is 673 g/mol. The highest BCUT2D eigenvalue weighted by Gasteiger charge is 2.69. The van der Waals surface area contributed by atoms with Crippen molar-refractivity contribution in [3.63, 3.8) is 0 Å². The lowest BCUT2D eigenvalue weighted by atomic mass is 9.33. The van der Waals surface area contributed by atoms with Crippen LogP contribution in [0.1, 0.15) is 211 Å². The zero-order valence-electron chi connectivity index (χ0n) is 35.0. The molecule has 0 aliphatic heterocycles. The quantitative estimate of drug-likeness (QED) is 0.240. The summed E-state index contributed by atoms with van der Waals surface area (Å²) in [6, 6.07) is 0. The molecule has 0 nitrogen and oxygen atoms in total. The second kappa shape index (κ2) is 11.5. The first-order valence-corrected chi connectivity index (χ1v) is 22.9. The summed E-state index contributed by atoms with van der Waals surface area (Å²) in [6.45, 7) is 29.5. The maximum Gasteiger partial charge on any atom is -0.0235 e. The first-order chi connectivity index (χ1) is 22.9. The standard InChI is InChI=1S/C26H44.C23H40/c1-23(2)14-7-15-24(3)21(23)13-17-26(5)22(24)11-10-20-19-9-6-8-18(19)12-16-25(20,26)4;1-16-10-14-22(5)17(16)8-9-19-21(4)13-7-12-20(2,3)18(21)11-15-23(19,22)6/h18-22H,6-17H2,1-5H3;16-19H,7-15H2,1-6H3. The molecule has 49 heavy (non-hydrogen) atoms. The summed E-state index contributed by atoms with van der Waals surface area (Å²) in [5.74, 6) is 9.18. The molecule has 0 aromatic rings. The van der Waals surface area contributed by atoms with Crippen LogP contribution in [0.5, 0.6) is 0 Å². The van der Waals surface area contributed by atoms with Crippen molar-refractivity contribution in [2.24, 2.45) is 96.6 Å². The van der Waals surface area contributed by atoms with Crippen molar-refractivity contribution in [3.8, 4) is 0 Å². The second-order valence-electron chi connectivity index (χ2n) is 24.4. The van der Waals surface area contributed by atoms with Gasteiger partial charge in [-0.3, -0.25) is 0 Å². The van der Waals surface area contributed by atoms with E-state index in [0.717, 1.165) is 53.3 Å². The van der Waals surface area contributed by atoms with Crippen molar-refractivity contribution in [2.45, 2.75) is 211 Å². The number of rotatable bonds is 0. The molecule has 0 bridgehead atoms. The van der Waals surface area contributed by atoms with Crippen LogP contribution >= 0.6 is 0 Å². The van der Waals surface area contributed by atoms with Crippen LogP contribution in [-0.2, 0) is 0 Å². The van der Waals surface area contributed by atoms with Gasteiger partial charge in [-0.1, -0.05) is 102 Å². The van der Waals surface area contributed by atoms with Gasteiger partial charge in [0.1, 0.15) is 0 Å². The van der Waals surface area contributed by atoms with E-state index < -0.39 is 0 Å². The summed E-state index contributed by atoms with van der Waals surface area (Å²) >= 11 is 0. The molecule has 9 fully saturated rings. The van der Waals surface area contributed by atoms with Crippen LogP contribution in [0.15, 0.2) is 0 Å². The highest BCUT2D eigenvalue weighted by molar-refractivity contribution is 5.18. The molecule has 9 rings (SSSR count). The summed E-state index contributed by atoms with van der Waals surface area (Å²) in [4.78, 5) is 0. The minimum Gasteiger partial charge on any atom is -0.0622 e. The third-order valence-corrected chi connectivity index (χ3v) is 22.4. The van der Waals surface area contributed by atoms with Gasteiger partial charge in [0.15, 0.2) is 0 Å². The maximum atomic E-state index is 2.79. The van der Waals surface area contributed by atoms with Crippen molar-refractivity contribution in [3.05, 3.63) is 0 Å². The van der Waals surface area contributed by atoms with Crippen molar-refractivity contribution < 1.29 is 0 Å². The topological polar surface area (TPSA) is 0 Å². The molecule has 9 saturated carbocycles. The molecule has 0 heteroatoms. The molecule has 0 N–H and O–H groups in total. The van der Waals surface area contributed by atoms with E-state index in [2.05, 4.69) is 76.2 Å². The van der Waals surface area contributed by atoms with Crippen molar-refractivity contribution in [2.75, 3.05) is 0 Å². The fourth-order valence-electron chi connectivity index (χ4n) is 19.8. The Hall–Kier alpha value is 0. The zero-order chi connectivity index (χ0) is 35.0. The fourth-order valence-corrected chi connectivity index (χ4v) is 19.8. The van der Waals surface area contributed by atoms with Crippen LogP contribution in [0.25, 0.3) is 0 Å². The van der Waals surface area contributed by atoms with Crippen molar-refractivity contribution in [1.29, 1.82) is 0 Å². The molecule has 0 saturated heterocycles. The third kappa shape index (κ3) is 4.76. The first-order valence-electron chi connectivity index (χ1n) is 22.9. The Balaban J connectivity index is 0.000000143. The van der Waals surface area contributed by atoms with Gasteiger partial charge in [0.05, 0.1) is 0 Å². The van der Waals surface area contributed by atoms with E-state index in [1.54, 1.807) is 38.5 Å². The number of fused-ring (bicyclic) bond motifs is 12. The van der Waals surface area contributed by atoms with Crippen molar-refractivity contribution >= 4 is 0 Å². The van der Waals surface area contributed by atoms with E-state index in [9.17, 15) is 0 Å². The Bertz CT molecular complexity index is 1260. The highest BCUT2D eigenvalue weighted by Crippen LogP contribution is 2.77. The normalized spacial score (nSPS) is 58.2. The molecule has 9 aliphatic rings. The number of hydrogen-bond donors (Lipinski definition) is 0. The average Bonchev–Trinajstić information content (AvgIpc) is 3.61. The zero-order valence-corrected chi connectivity index (χ0v) is 35.0. The van der Waals surface area contributed by atoms with Gasteiger partial charge in [-0.15, -0.1) is 0 Å². The summed E-state index contributed by atoms with van der Waals surface area (Å²) in [6.07, 6.45) is 32.0. The van der Waals surface area contributed by atoms with Gasteiger partial charge in [0.2, 0.25) is 0 Å². The molecule has 280 valence electrons. The molecule has 0 aromatic carbocycles. The maximum absolute atomic E-state index is 2.79. The van der Waals surface area contributed by atoms with Crippen LogP contribution in [0.4, 0.5) is 0 Å². The van der Waals surface area contributed by atoms with Crippen molar-refractivity contribution in [1.82, 2.24) is 0 Å². The van der Waals surface area contributed by atoms with Gasteiger partial charge in [0.25, 0.3) is 0 Å². The second-order valence-corrected chi connectivity index (χ2v) is 24.4. The Labute approximate surface area is 306 Å². The molecular weight excluding hydrogens is 589 g/mol. The molecule has 9 aliphatic carbocycles. The molecule has 0 aromatic heterocycles. The minimum atomic E-state index is 0.578. The summed E-state index contributed by atoms with van der Waals surface area (Å²) in [7, 11) is 0. The van der Waals surface area contributed by atoms with Crippen LogP contribution in [-0.4, -0.2) is 0 Å². The van der Waals surface area contributed by atoms with E-state index in [4.69, 9.17) is 0 Å². The van der Waals surface area contributed by atoms with Gasteiger partial charge in [-0.25, -0.2) is 0 Å². The SMILES string of the molecule is CC1(C)CCCC2(C)C1CCC1(C)C2CCC2C3CCCC3CCC21C.CC1CCC2(C)C1CCC1C3(C)CCCC(C)(C)C3CCC12C. The summed E-state index contributed by atoms with van der Waals surface area (Å²) < 4.78 is 0. The van der Waals surface area contributed by atoms with Gasteiger partial charge in [-0.05, 0) is 206 Å². The minimum absolute atomic E-state index is 0.578.